The van der Waals surface area contributed by atoms with Crippen molar-refractivity contribution in [2.24, 2.45) is 5.92 Å². The van der Waals surface area contributed by atoms with Crippen molar-refractivity contribution >= 4 is 25.1 Å². The van der Waals surface area contributed by atoms with Crippen molar-refractivity contribution in [2.45, 2.75) is 44.4 Å². The number of ether oxygens (including phenoxy) is 3. The topological polar surface area (TPSA) is 82.8 Å². The van der Waals surface area contributed by atoms with Crippen LogP contribution < -0.4 is 9.47 Å². The molecule has 1 saturated carbocycles. The summed E-state index contributed by atoms with van der Waals surface area (Å²) in [5.74, 6) is 0.767. The molecule has 3 unspecified atom stereocenters. The molecule has 31 heavy (non-hydrogen) atoms. The summed E-state index contributed by atoms with van der Waals surface area (Å²) in [5.41, 5.74) is 1.72. The lowest BCUT2D eigenvalue weighted by Crippen LogP contribution is -2.22. The zero-order valence-electron chi connectivity index (χ0n) is 17.9. The van der Waals surface area contributed by atoms with Crippen molar-refractivity contribution in [2.75, 3.05) is 6.61 Å². The monoisotopic (exact) mass is 438 g/mol. The highest BCUT2D eigenvalue weighted by molar-refractivity contribution is 6.76. The standard InChI is InChI=1S/C23H26N2O5Si/c1-31(2,3)11-10-28-13-25-9-7-15-18(6-8-24-22(15)25)29-14-4-5-17-16(12-14)19-20(23(26)27)21(19)30-17/h4-9,12,19-21H,10-11,13H2,1-3H3,(H,26,27). The first kappa shape index (κ1) is 20.1. The Hall–Kier alpha value is -2.84. The predicted molar refractivity (Wildman–Crippen MR) is 119 cm³/mol. The zero-order valence-corrected chi connectivity index (χ0v) is 18.9. The Morgan fingerprint density at radius 2 is 2.10 bits per heavy atom. The quantitative estimate of drug-likeness (QED) is 0.405. The molecule has 2 aliphatic rings. The second kappa shape index (κ2) is 7.39. The van der Waals surface area contributed by atoms with Gasteiger partial charge in [0, 0.05) is 38.6 Å². The van der Waals surface area contributed by atoms with E-state index in [1.54, 1.807) is 6.20 Å². The van der Waals surface area contributed by atoms with Crippen LogP contribution >= 0.6 is 0 Å². The van der Waals surface area contributed by atoms with E-state index in [0.717, 1.165) is 35.0 Å². The van der Waals surface area contributed by atoms with Gasteiger partial charge in [-0.1, -0.05) is 19.6 Å². The Bertz CT molecular complexity index is 1150. The molecule has 1 aromatic carbocycles. The molecule has 8 heteroatoms. The third-order valence-electron chi connectivity index (χ3n) is 5.92. The Kier molecular flexibility index (Phi) is 4.78. The first-order valence-electron chi connectivity index (χ1n) is 10.5. The van der Waals surface area contributed by atoms with Crippen molar-refractivity contribution in [3.05, 3.63) is 48.3 Å². The molecule has 3 aromatic rings. The Balaban J connectivity index is 1.32. The molecule has 1 aliphatic carbocycles. The van der Waals surface area contributed by atoms with Crippen molar-refractivity contribution in [3.63, 3.8) is 0 Å². The fraction of sp³-hybridized carbons (Fsp3) is 0.391. The number of hydrogen-bond donors (Lipinski definition) is 1. The number of benzene rings is 1. The molecule has 0 amide bonds. The van der Waals surface area contributed by atoms with Gasteiger partial charge in [-0.2, -0.15) is 0 Å². The first-order chi connectivity index (χ1) is 14.8. The molecule has 0 saturated heterocycles. The molecule has 5 rings (SSSR count). The summed E-state index contributed by atoms with van der Waals surface area (Å²) in [6.07, 6.45) is 3.44. The largest absolute Gasteiger partial charge is 0.489 e. The van der Waals surface area contributed by atoms with Crippen LogP contribution in [0.4, 0.5) is 0 Å². The molecular formula is C23H26N2O5Si. The van der Waals surface area contributed by atoms with Crippen molar-refractivity contribution in [3.8, 4) is 17.2 Å². The number of nitrogens with zero attached hydrogens (tertiary/aromatic N) is 2. The lowest BCUT2D eigenvalue weighted by atomic mass is 10.1. The molecule has 1 N–H and O–H groups in total. The van der Waals surface area contributed by atoms with Crippen LogP contribution in [0.2, 0.25) is 25.7 Å². The van der Waals surface area contributed by atoms with E-state index in [4.69, 9.17) is 14.2 Å². The third-order valence-corrected chi connectivity index (χ3v) is 7.62. The van der Waals surface area contributed by atoms with Gasteiger partial charge in [0.1, 0.15) is 41.6 Å². The number of carboxylic acids is 1. The van der Waals surface area contributed by atoms with E-state index in [-0.39, 0.29) is 12.0 Å². The van der Waals surface area contributed by atoms with E-state index in [2.05, 4.69) is 24.6 Å². The number of aliphatic carboxylic acids is 1. The van der Waals surface area contributed by atoms with Gasteiger partial charge in [-0.25, -0.2) is 4.98 Å². The van der Waals surface area contributed by atoms with Crippen molar-refractivity contribution in [1.82, 2.24) is 9.55 Å². The van der Waals surface area contributed by atoms with Gasteiger partial charge >= 0.3 is 5.97 Å². The predicted octanol–water partition coefficient (Wildman–Crippen LogP) is 4.70. The van der Waals surface area contributed by atoms with Gasteiger partial charge in [0.25, 0.3) is 0 Å². The lowest BCUT2D eigenvalue weighted by molar-refractivity contribution is -0.139. The second-order valence-electron chi connectivity index (χ2n) is 9.45. The minimum Gasteiger partial charge on any atom is -0.489 e. The summed E-state index contributed by atoms with van der Waals surface area (Å²) in [6.45, 7) is 8.22. The highest BCUT2D eigenvalue weighted by Gasteiger charge is 2.63. The van der Waals surface area contributed by atoms with Crippen LogP contribution in [0.3, 0.4) is 0 Å². The molecule has 3 atom stereocenters. The maximum atomic E-state index is 11.3. The fourth-order valence-electron chi connectivity index (χ4n) is 4.13. The fourth-order valence-corrected chi connectivity index (χ4v) is 4.88. The molecule has 1 aliphatic heterocycles. The van der Waals surface area contributed by atoms with E-state index < -0.39 is 20.0 Å². The minimum absolute atomic E-state index is 0.0806. The maximum Gasteiger partial charge on any atom is 0.311 e. The Morgan fingerprint density at radius 1 is 1.26 bits per heavy atom. The van der Waals surface area contributed by atoms with Crippen LogP contribution in [0.25, 0.3) is 11.0 Å². The summed E-state index contributed by atoms with van der Waals surface area (Å²) in [6, 6.07) is 10.5. The Labute approximate surface area is 181 Å². The van der Waals surface area contributed by atoms with Gasteiger partial charge < -0.3 is 23.9 Å². The molecule has 162 valence electrons. The number of hydrogen-bond acceptors (Lipinski definition) is 5. The molecule has 1 fully saturated rings. The van der Waals surface area contributed by atoms with Gasteiger partial charge in [0.05, 0.1) is 5.39 Å². The van der Waals surface area contributed by atoms with E-state index in [1.807, 2.05) is 41.1 Å². The summed E-state index contributed by atoms with van der Waals surface area (Å²) in [5, 5.41) is 10.2. The molecule has 7 nitrogen and oxygen atoms in total. The highest BCUT2D eigenvalue weighted by atomic mass is 28.3. The Morgan fingerprint density at radius 3 is 2.87 bits per heavy atom. The number of fused-ring (bicyclic) bond motifs is 4. The summed E-state index contributed by atoms with van der Waals surface area (Å²) in [4.78, 5) is 15.8. The maximum absolute atomic E-state index is 11.3. The lowest BCUT2D eigenvalue weighted by Gasteiger charge is -2.15. The van der Waals surface area contributed by atoms with Gasteiger partial charge in [0.2, 0.25) is 0 Å². The summed E-state index contributed by atoms with van der Waals surface area (Å²) < 4.78 is 19.8. The number of aromatic nitrogens is 2. The SMILES string of the molecule is C[Si](C)(C)CCOCn1ccc2c(Oc3ccc4c(c3)C3C(O4)C3C(=O)O)ccnc21. The van der Waals surface area contributed by atoms with Crippen molar-refractivity contribution in [1.29, 1.82) is 0 Å². The third kappa shape index (κ3) is 3.81. The van der Waals surface area contributed by atoms with E-state index >= 15 is 0 Å². The van der Waals surface area contributed by atoms with E-state index in [9.17, 15) is 9.90 Å². The van der Waals surface area contributed by atoms with Crippen LogP contribution in [0.5, 0.6) is 17.2 Å². The summed E-state index contributed by atoms with van der Waals surface area (Å²) in [7, 11) is -1.12. The molecular weight excluding hydrogens is 412 g/mol. The second-order valence-corrected chi connectivity index (χ2v) is 15.1. The van der Waals surface area contributed by atoms with Gasteiger partial charge in [-0.3, -0.25) is 4.79 Å². The van der Waals surface area contributed by atoms with Crippen molar-refractivity contribution < 1.29 is 24.1 Å². The average molecular weight is 439 g/mol. The highest BCUT2D eigenvalue weighted by Crippen LogP contribution is 2.59. The van der Waals surface area contributed by atoms with Crippen LogP contribution in [0.15, 0.2) is 42.7 Å². The number of carboxylic acid groups (broad SMARTS) is 1. The van der Waals surface area contributed by atoms with Crippen LogP contribution in [-0.4, -0.2) is 41.4 Å². The van der Waals surface area contributed by atoms with E-state index in [1.165, 1.54) is 0 Å². The van der Waals surface area contributed by atoms with Gasteiger partial charge in [-0.15, -0.1) is 0 Å². The van der Waals surface area contributed by atoms with Crippen LogP contribution in [0, 0.1) is 5.92 Å². The smallest absolute Gasteiger partial charge is 0.311 e. The molecule has 0 spiro atoms. The molecule has 0 bridgehead atoms. The zero-order chi connectivity index (χ0) is 21.8. The summed E-state index contributed by atoms with van der Waals surface area (Å²) >= 11 is 0. The average Bonchev–Trinajstić information content (AvgIpc) is 3.08. The molecule has 3 heterocycles. The van der Waals surface area contributed by atoms with Crippen LogP contribution in [-0.2, 0) is 16.3 Å². The molecule has 0 radical (unpaired) electrons. The normalized spacial score (nSPS) is 21.5. The molecule has 2 aromatic heterocycles. The minimum atomic E-state index is -1.12. The first-order valence-corrected chi connectivity index (χ1v) is 14.3. The number of carbonyl (C=O) groups is 1. The number of rotatable bonds is 8. The van der Waals surface area contributed by atoms with Gasteiger partial charge in [0.15, 0.2) is 0 Å². The number of pyridine rings is 1. The van der Waals surface area contributed by atoms with E-state index in [0.29, 0.717) is 18.2 Å². The van der Waals surface area contributed by atoms with Gasteiger partial charge in [-0.05, 0) is 36.4 Å². The van der Waals surface area contributed by atoms with Crippen LogP contribution in [0.1, 0.15) is 11.5 Å².